The Balaban J connectivity index is 2.62. The smallest absolute Gasteiger partial charge is 0.244 e. The van der Waals surface area contributed by atoms with Crippen molar-refractivity contribution in [3.63, 3.8) is 0 Å². The molecule has 2 amide bonds. The van der Waals surface area contributed by atoms with E-state index in [0.717, 1.165) is 5.56 Å². The Bertz CT molecular complexity index is 498. The van der Waals surface area contributed by atoms with Crippen molar-refractivity contribution >= 4 is 17.9 Å². The van der Waals surface area contributed by atoms with Crippen molar-refractivity contribution in [2.24, 2.45) is 0 Å². The van der Waals surface area contributed by atoms with Crippen LogP contribution in [0.4, 0.5) is 0 Å². The number of ether oxygens (including phenoxy) is 1. The lowest BCUT2D eigenvalue weighted by Gasteiger charge is -2.11. The van der Waals surface area contributed by atoms with Gasteiger partial charge in [0.05, 0.1) is 7.11 Å². The standard InChI is InChI=1S/C15H20N2O3/c1-4-16-15(19)11(2)17-14(18)10-9-12-7-5-6-8-13(12)20-3/h5-11H,4H2,1-3H3,(H,16,19)(H,17,18)/b10-9+/t11-/m1/s1. The van der Waals surface area contributed by atoms with Gasteiger partial charge in [0.15, 0.2) is 0 Å². The topological polar surface area (TPSA) is 67.4 Å². The van der Waals surface area contributed by atoms with E-state index in [1.54, 1.807) is 20.1 Å². The van der Waals surface area contributed by atoms with Crippen molar-refractivity contribution in [3.05, 3.63) is 35.9 Å². The van der Waals surface area contributed by atoms with Crippen LogP contribution in [0.3, 0.4) is 0 Å². The maximum absolute atomic E-state index is 11.7. The molecule has 0 heterocycles. The molecule has 0 bridgehead atoms. The molecular formula is C15H20N2O3. The zero-order valence-corrected chi connectivity index (χ0v) is 12.0. The average Bonchev–Trinajstić information content (AvgIpc) is 2.45. The first kappa shape index (κ1) is 15.8. The summed E-state index contributed by atoms with van der Waals surface area (Å²) in [4.78, 5) is 23.2. The number of rotatable bonds is 6. The molecule has 5 nitrogen and oxygen atoms in total. The molecule has 1 rings (SSSR count). The van der Waals surface area contributed by atoms with Crippen LogP contribution >= 0.6 is 0 Å². The molecule has 0 aliphatic rings. The zero-order valence-electron chi connectivity index (χ0n) is 12.0. The Morgan fingerprint density at radius 2 is 2.05 bits per heavy atom. The van der Waals surface area contributed by atoms with Crippen LogP contribution in [0.2, 0.25) is 0 Å². The van der Waals surface area contributed by atoms with E-state index in [1.165, 1.54) is 6.08 Å². The molecule has 0 saturated heterocycles. The minimum absolute atomic E-state index is 0.202. The fourth-order valence-corrected chi connectivity index (χ4v) is 1.62. The molecule has 0 aliphatic carbocycles. The summed E-state index contributed by atoms with van der Waals surface area (Å²) >= 11 is 0. The number of para-hydroxylation sites is 1. The van der Waals surface area contributed by atoms with Gasteiger partial charge in [0.2, 0.25) is 11.8 Å². The third kappa shape index (κ3) is 4.76. The van der Waals surface area contributed by atoms with Crippen molar-refractivity contribution in [2.45, 2.75) is 19.9 Å². The molecule has 20 heavy (non-hydrogen) atoms. The van der Waals surface area contributed by atoms with Gasteiger partial charge in [-0.15, -0.1) is 0 Å². The third-order valence-corrected chi connectivity index (χ3v) is 2.66. The van der Waals surface area contributed by atoms with Crippen molar-refractivity contribution in [1.82, 2.24) is 10.6 Å². The fourth-order valence-electron chi connectivity index (χ4n) is 1.62. The quantitative estimate of drug-likeness (QED) is 0.771. The van der Waals surface area contributed by atoms with Crippen molar-refractivity contribution in [3.8, 4) is 5.75 Å². The second kappa shape index (κ2) is 7.99. The Hall–Kier alpha value is -2.30. The fraction of sp³-hybridized carbons (Fsp3) is 0.333. The van der Waals surface area contributed by atoms with E-state index in [4.69, 9.17) is 4.74 Å². The second-order valence-corrected chi connectivity index (χ2v) is 4.20. The summed E-state index contributed by atoms with van der Waals surface area (Å²) < 4.78 is 5.18. The van der Waals surface area contributed by atoms with Gasteiger partial charge in [-0.25, -0.2) is 0 Å². The van der Waals surface area contributed by atoms with E-state index in [0.29, 0.717) is 12.3 Å². The van der Waals surface area contributed by atoms with Crippen LogP contribution in [0.5, 0.6) is 5.75 Å². The lowest BCUT2D eigenvalue weighted by Crippen LogP contribution is -2.44. The summed E-state index contributed by atoms with van der Waals surface area (Å²) in [5.41, 5.74) is 0.802. The molecule has 0 aliphatic heterocycles. The number of hydrogen-bond acceptors (Lipinski definition) is 3. The summed E-state index contributed by atoms with van der Waals surface area (Å²) in [5, 5.41) is 5.24. The van der Waals surface area contributed by atoms with E-state index < -0.39 is 6.04 Å². The highest BCUT2D eigenvalue weighted by Gasteiger charge is 2.12. The number of methoxy groups -OCH3 is 1. The molecule has 0 radical (unpaired) electrons. The van der Waals surface area contributed by atoms with E-state index in [9.17, 15) is 9.59 Å². The average molecular weight is 276 g/mol. The van der Waals surface area contributed by atoms with Gasteiger partial charge in [0.1, 0.15) is 11.8 Å². The van der Waals surface area contributed by atoms with Crippen molar-refractivity contribution in [2.75, 3.05) is 13.7 Å². The van der Waals surface area contributed by atoms with Gasteiger partial charge in [-0.1, -0.05) is 18.2 Å². The van der Waals surface area contributed by atoms with Gasteiger partial charge in [0.25, 0.3) is 0 Å². The van der Waals surface area contributed by atoms with Crippen molar-refractivity contribution < 1.29 is 14.3 Å². The molecule has 1 aromatic carbocycles. The first-order valence-corrected chi connectivity index (χ1v) is 6.47. The molecule has 0 saturated carbocycles. The molecule has 0 aromatic heterocycles. The SMILES string of the molecule is CCNC(=O)[C@@H](C)NC(=O)/C=C/c1ccccc1OC. The van der Waals surface area contributed by atoms with Crippen LogP contribution in [-0.2, 0) is 9.59 Å². The van der Waals surface area contributed by atoms with E-state index >= 15 is 0 Å². The summed E-state index contributed by atoms with van der Waals surface area (Å²) in [6, 6.07) is 6.81. The largest absolute Gasteiger partial charge is 0.496 e. The maximum Gasteiger partial charge on any atom is 0.244 e. The highest BCUT2D eigenvalue weighted by atomic mass is 16.5. The number of benzene rings is 1. The molecule has 2 N–H and O–H groups in total. The predicted molar refractivity (Wildman–Crippen MR) is 78.3 cm³/mol. The van der Waals surface area contributed by atoms with Crippen LogP contribution in [0.1, 0.15) is 19.4 Å². The molecular weight excluding hydrogens is 256 g/mol. The Morgan fingerprint density at radius 1 is 1.35 bits per heavy atom. The molecule has 1 atom stereocenters. The van der Waals surface area contributed by atoms with E-state index in [1.807, 2.05) is 31.2 Å². The number of nitrogens with one attached hydrogen (secondary N) is 2. The Labute approximate surface area is 119 Å². The van der Waals surface area contributed by atoms with Crippen LogP contribution in [0.25, 0.3) is 6.08 Å². The summed E-state index contributed by atoms with van der Waals surface area (Å²) in [7, 11) is 1.57. The molecule has 5 heteroatoms. The first-order valence-electron chi connectivity index (χ1n) is 6.47. The van der Waals surface area contributed by atoms with E-state index in [2.05, 4.69) is 10.6 Å². The monoisotopic (exact) mass is 276 g/mol. The number of carbonyl (C=O) groups is 2. The molecule has 108 valence electrons. The first-order chi connectivity index (χ1) is 9.58. The predicted octanol–water partition coefficient (Wildman–Crippen LogP) is 1.35. The third-order valence-electron chi connectivity index (χ3n) is 2.66. The van der Waals surface area contributed by atoms with Gasteiger partial charge in [-0.05, 0) is 26.0 Å². The normalized spacial score (nSPS) is 11.9. The van der Waals surface area contributed by atoms with Gasteiger partial charge in [0, 0.05) is 18.2 Å². The minimum atomic E-state index is -0.565. The maximum atomic E-state index is 11.7. The summed E-state index contributed by atoms with van der Waals surface area (Å²) in [5.74, 6) is 0.162. The Kier molecular flexibility index (Phi) is 6.29. The summed E-state index contributed by atoms with van der Waals surface area (Å²) in [6.45, 7) is 4.00. The lowest BCUT2D eigenvalue weighted by molar-refractivity contribution is -0.126. The highest BCUT2D eigenvalue weighted by molar-refractivity contribution is 5.95. The Morgan fingerprint density at radius 3 is 2.70 bits per heavy atom. The van der Waals surface area contributed by atoms with Crippen LogP contribution in [0.15, 0.2) is 30.3 Å². The number of likely N-dealkylation sites (N-methyl/N-ethyl adjacent to an activating group) is 1. The van der Waals surface area contributed by atoms with E-state index in [-0.39, 0.29) is 11.8 Å². The van der Waals surface area contributed by atoms with Crippen LogP contribution in [0, 0.1) is 0 Å². The molecule has 0 unspecified atom stereocenters. The number of hydrogen-bond donors (Lipinski definition) is 2. The zero-order chi connectivity index (χ0) is 15.0. The van der Waals surface area contributed by atoms with Crippen LogP contribution in [-0.4, -0.2) is 31.5 Å². The van der Waals surface area contributed by atoms with Gasteiger partial charge >= 0.3 is 0 Å². The molecule has 1 aromatic rings. The highest BCUT2D eigenvalue weighted by Crippen LogP contribution is 2.18. The van der Waals surface area contributed by atoms with Crippen LogP contribution < -0.4 is 15.4 Å². The number of carbonyl (C=O) groups excluding carboxylic acids is 2. The lowest BCUT2D eigenvalue weighted by atomic mass is 10.2. The van der Waals surface area contributed by atoms with Gasteiger partial charge in [-0.2, -0.15) is 0 Å². The van der Waals surface area contributed by atoms with Crippen molar-refractivity contribution in [1.29, 1.82) is 0 Å². The molecule has 0 fully saturated rings. The minimum Gasteiger partial charge on any atom is -0.496 e. The summed E-state index contributed by atoms with van der Waals surface area (Å²) in [6.07, 6.45) is 3.03. The molecule has 0 spiro atoms. The van der Waals surface area contributed by atoms with Gasteiger partial charge < -0.3 is 15.4 Å². The van der Waals surface area contributed by atoms with Gasteiger partial charge in [-0.3, -0.25) is 9.59 Å². The number of amides is 2. The second-order valence-electron chi connectivity index (χ2n) is 4.20.